The molecule has 0 aliphatic carbocycles. The number of aromatic nitrogens is 1. The Morgan fingerprint density at radius 2 is 2.26 bits per heavy atom. The Bertz CT molecular complexity index is 613. The third-order valence-corrected chi connectivity index (χ3v) is 3.31. The minimum atomic E-state index is -1.40. The van der Waals surface area contributed by atoms with Crippen LogP contribution < -0.4 is 5.32 Å². The lowest BCUT2D eigenvalue weighted by Crippen LogP contribution is -2.14. The van der Waals surface area contributed by atoms with Gasteiger partial charge >= 0.3 is 0 Å². The largest absolute Gasteiger partial charge is 0.364 e. The van der Waals surface area contributed by atoms with Crippen molar-refractivity contribution in [2.75, 3.05) is 11.6 Å². The zero-order valence-electron chi connectivity index (χ0n) is 10.1. The van der Waals surface area contributed by atoms with Crippen molar-refractivity contribution in [1.29, 1.82) is 0 Å². The van der Waals surface area contributed by atoms with Crippen molar-refractivity contribution >= 4 is 22.4 Å². The van der Waals surface area contributed by atoms with Crippen LogP contribution in [-0.2, 0) is 22.0 Å². The van der Waals surface area contributed by atoms with E-state index in [9.17, 15) is 13.4 Å². The summed E-state index contributed by atoms with van der Waals surface area (Å²) >= 11 is 0. The molecule has 19 heavy (non-hydrogen) atoms. The second-order valence-corrected chi connectivity index (χ2v) is 5.16. The summed E-state index contributed by atoms with van der Waals surface area (Å²) in [5, 5.41) is 6.13. The van der Waals surface area contributed by atoms with Crippen molar-refractivity contribution in [3.8, 4) is 0 Å². The van der Waals surface area contributed by atoms with Crippen molar-refractivity contribution < 1.29 is 17.9 Å². The maximum absolute atomic E-state index is 13.6. The quantitative estimate of drug-likeness (QED) is 0.927. The van der Waals surface area contributed by atoms with Crippen molar-refractivity contribution in [1.82, 2.24) is 5.16 Å². The Labute approximate surface area is 111 Å². The minimum Gasteiger partial charge on any atom is -0.364 e. The van der Waals surface area contributed by atoms with Gasteiger partial charge in [-0.3, -0.25) is 9.00 Å². The fourth-order valence-corrected chi connectivity index (χ4v) is 2.10. The molecule has 0 aliphatic heterocycles. The van der Waals surface area contributed by atoms with Gasteiger partial charge in [-0.2, -0.15) is 0 Å². The van der Waals surface area contributed by atoms with Crippen molar-refractivity contribution in [3.63, 3.8) is 0 Å². The van der Waals surface area contributed by atoms with Gasteiger partial charge in [0, 0.05) is 18.0 Å². The Balaban J connectivity index is 2.05. The highest BCUT2D eigenvalue weighted by Crippen LogP contribution is 2.17. The number of benzene rings is 1. The van der Waals surface area contributed by atoms with Crippen molar-refractivity contribution in [2.45, 2.75) is 11.3 Å². The second-order valence-electron chi connectivity index (χ2n) is 3.82. The van der Waals surface area contributed by atoms with Gasteiger partial charge in [-0.25, -0.2) is 4.39 Å². The highest BCUT2D eigenvalue weighted by Gasteiger charge is 2.10. The standard InChI is InChI=1S/C12H11FN2O3S/c1-19(17)11-3-2-8(6-10(11)13)14-12(16)7-9-4-5-18-15-9/h2-6H,7H2,1H3,(H,14,16)/t19-/m0/s1. The van der Waals surface area contributed by atoms with Crippen LogP contribution in [0.15, 0.2) is 39.9 Å². The van der Waals surface area contributed by atoms with Gasteiger partial charge in [-0.1, -0.05) is 5.16 Å². The van der Waals surface area contributed by atoms with Gasteiger partial charge in [0.15, 0.2) is 0 Å². The number of halogens is 1. The summed E-state index contributed by atoms with van der Waals surface area (Å²) in [5.74, 6) is -0.946. The Kier molecular flexibility index (Phi) is 4.06. The van der Waals surface area contributed by atoms with Crippen LogP contribution in [0.25, 0.3) is 0 Å². The summed E-state index contributed by atoms with van der Waals surface area (Å²) in [6, 6.07) is 5.60. The molecule has 0 radical (unpaired) electrons. The van der Waals surface area contributed by atoms with Gasteiger partial charge < -0.3 is 9.84 Å². The van der Waals surface area contributed by atoms with Crippen LogP contribution in [0.5, 0.6) is 0 Å². The van der Waals surface area contributed by atoms with Crippen LogP contribution >= 0.6 is 0 Å². The number of hydrogen-bond donors (Lipinski definition) is 1. The first-order valence-corrected chi connectivity index (χ1v) is 6.94. The van der Waals surface area contributed by atoms with E-state index in [0.717, 1.165) is 6.07 Å². The van der Waals surface area contributed by atoms with Crippen molar-refractivity contribution in [2.24, 2.45) is 0 Å². The van der Waals surface area contributed by atoms with Crippen LogP contribution in [0.4, 0.5) is 10.1 Å². The fraction of sp³-hybridized carbons (Fsp3) is 0.167. The molecule has 1 atom stereocenters. The SMILES string of the molecule is C[S@](=O)c1ccc(NC(=O)Cc2ccon2)cc1F. The van der Waals surface area contributed by atoms with E-state index < -0.39 is 16.6 Å². The molecule has 0 bridgehead atoms. The van der Waals surface area contributed by atoms with Crippen LogP contribution in [-0.4, -0.2) is 21.5 Å². The van der Waals surface area contributed by atoms with E-state index in [4.69, 9.17) is 0 Å². The highest BCUT2D eigenvalue weighted by molar-refractivity contribution is 7.84. The van der Waals surface area contributed by atoms with E-state index in [-0.39, 0.29) is 17.2 Å². The van der Waals surface area contributed by atoms with Gasteiger partial charge in [-0.15, -0.1) is 0 Å². The average molecular weight is 282 g/mol. The van der Waals surface area contributed by atoms with Crippen LogP contribution in [0.1, 0.15) is 5.69 Å². The number of nitrogens with zero attached hydrogens (tertiary/aromatic N) is 1. The van der Waals surface area contributed by atoms with E-state index in [1.54, 1.807) is 6.07 Å². The predicted octanol–water partition coefficient (Wildman–Crippen LogP) is 1.73. The third-order valence-electron chi connectivity index (χ3n) is 2.36. The molecule has 5 nitrogen and oxygen atoms in total. The molecule has 0 saturated heterocycles. The van der Waals surface area contributed by atoms with E-state index in [2.05, 4.69) is 15.0 Å². The summed E-state index contributed by atoms with van der Waals surface area (Å²) in [5.41, 5.74) is 0.796. The predicted molar refractivity (Wildman–Crippen MR) is 67.6 cm³/mol. The third kappa shape index (κ3) is 3.47. The molecule has 1 N–H and O–H groups in total. The molecule has 0 fully saturated rings. The summed E-state index contributed by atoms with van der Waals surface area (Å²) in [6.45, 7) is 0. The van der Waals surface area contributed by atoms with E-state index in [0.29, 0.717) is 11.4 Å². The zero-order valence-corrected chi connectivity index (χ0v) is 10.9. The molecule has 1 aromatic heterocycles. The number of anilines is 1. The molecule has 1 heterocycles. The molecule has 2 rings (SSSR count). The first-order valence-electron chi connectivity index (χ1n) is 5.38. The van der Waals surface area contributed by atoms with E-state index in [1.165, 1.54) is 24.7 Å². The maximum atomic E-state index is 13.6. The Morgan fingerprint density at radius 1 is 1.47 bits per heavy atom. The van der Waals surface area contributed by atoms with Crippen molar-refractivity contribution in [3.05, 3.63) is 42.0 Å². The Morgan fingerprint density at radius 3 is 2.84 bits per heavy atom. The summed E-state index contributed by atoms with van der Waals surface area (Å²) in [7, 11) is -1.40. The van der Waals surface area contributed by atoms with Crippen LogP contribution in [0.3, 0.4) is 0 Å². The lowest BCUT2D eigenvalue weighted by molar-refractivity contribution is -0.115. The molecule has 0 unspecified atom stereocenters. The number of carbonyl (C=O) groups excluding carboxylic acids is 1. The molecular weight excluding hydrogens is 271 g/mol. The van der Waals surface area contributed by atoms with Gasteiger partial charge in [0.25, 0.3) is 0 Å². The summed E-state index contributed by atoms with van der Waals surface area (Å²) in [6.07, 6.45) is 2.80. The number of carbonyl (C=O) groups is 1. The number of amides is 1. The number of rotatable bonds is 4. The second kappa shape index (κ2) is 5.75. The van der Waals surface area contributed by atoms with Crippen LogP contribution in [0.2, 0.25) is 0 Å². The molecule has 0 spiro atoms. The lowest BCUT2D eigenvalue weighted by Gasteiger charge is -2.06. The highest BCUT2D eigenvalue weighted by atomic mass is 32.2. The molecule has 2 aromatic rings. The fourth-order valence-electron chi connectivity index (χ4n) is 1.51. The zero-order chi connectivity index (χ0) is 13.8. The molecule has 1 aromatic carbocycles. The smallest absolute Gasteiger partial charge is 0.230 e. The van der Waals surface area contributed by atoms with E-state index in [1.807, 2.05) is 0 Å². The molecule has 0 aliphatic rings. The van der Waals surface area contributed by atoms with E-state index >= 15 is 0 Å². The normalized spacial score (nSPS) is 12.1. The van der Waals surface area contributed by atoms with Gasteiger partial charge in [0.2, 0.25) is 5.91 Å². The maximum Gasteiger partial charge on any atom is 0.230 e. The molecule has 1 amide bonds. The first-order chi connectivity index (χ1) is 9.06. The molecule has 0 saturated carbocycles. The van der Waals surface area contributed by atoms with Crippen LogP contribution in [0, 0.1) is 5.82 Å². The molecule has 7 heteroatoms. The monoisotopic (exact) mass is 282 g/mol. The Hall–Kier alpha value is -2.02. The van der Waals surface area contributed by atoms with Gasteiger partial charge in [0.1, 0.15) is 12.1 Å². The van der Waals surface area contributed by atoms with Gasteiger partial charge in [-0.05, 0) is 18.2 Å². The number of hydrogen-bond acceptors (Lipinski definition) is 4. The molecule has 100 valence electrons. The first kappa shape index (κ1) is 13.4. The summed E-state index contributed by atoms with van der Waals surface area (Å²) < 4.78 is 29.3. The number of nitrogens with one attached hydrogen (secondary N) is 1. The minimum absolute atomic E-state index is 0.0412. The molecular formula is C12H11FN2O3S. The topological polar surface area (TPSA) is 72.2 Å². The summed E-state index contributed by atoms with van der Waals surface area (Å²) in [4.78, 5) is 11.7. The van der Waals surface area contributed by atoms with Gasteiger partial charge in [0.05, 0.1) is 27.8 Å². The lowest BCUT2D eigenvalue weighted by atomic mass is 10.2. The average Bonchev–Trinajstić information content (AvgIpc) is 2.81.